The highest BCUT2D eigenvalue weighted by Gasteiger charge is 1.92. The maximum Gasteiger partial charge on any atom is 0.330 e. The molecule has 78 valence electrons. The first kappa shape index (κ1) is 11.2. The van der Waals surface area contributed by atoms with Gasteiger partial charge in [-0.1, -0.05) is 42.5 Å². The highest BCUT2D eigenvalue weighted by molar-refractivity contribution is 5.82. The van der Waals surface area contributed by atoms with Crippen LogP contribution in [-0.2, 0) is 9.53 Å². The lowest BCUT2D eigenvalue weighted by atomic mass is 10.1. The van der Waals surface area contributed by atoms with Gasteiger partial charge in [0, 0.05) is 6.08 Å². The zero-order valence-corrected chi connectivity index (χ0v) is 8.94. The van der Waals surface area contributed by atoms with Gasteiger partial charge in [0.15, 0.2) is 0 Å². The summed E-state index contributed by atoms with van der Waals surface area (Å²) in [5.74, 6) is -0.341. The number of benzene rings is 1. The van der Waals surface area contributed by atoms with Crippen molar-refractivity contribution < 1.29 is 9.53 Å². The van der Waals surface area contributed by atoms with Crippen molar-refractivity contribution in [3.63, 3.8) is 0 Å². The lowest BCUT2D eigenvalue weighted by Crippen LogP contribution is -1.92. The average molecular weight is 202 g/mol. The summed E-state index contributed by atoms with van der Waals surface area (Å²) in [6.07, 6.45) is 4.97. The first-order valence-corrected chi connectivity index (χ1v) is 4.72. The van der Waals surface area contributed by atoms with E-state index in [1.54, 1.807) is 6.08 Å². The lowest BCUT2D eigenvalue weighted by molar-refractivity contribution is -0.134. The maximum atomic E-state index is 10.8. The molecule has 1 aromatic carbocycles. The molecule has 0 aliphatic heterocycles. The fourth-order valence-electron chi connectivity index (χ4n) is 1.14. The van der Waals surface area contributed by atoms with E-state index in [4.69, 9.17) is 0 Å². The summed E-state index contributed by atoms with van der Waals surface area (Å²) in [4.78, 5) is 10.8. The minimum absolute atomic E-state index is 0.341. The molecule has 0 saturated heterocycles. The molecule has 0 radical (unpaired) electrons. The number of rotatable bonds is 3. The zero-order valence-electron chi connectivity index (χ0n) is 8.94. The minimum atomic E-state index is -0.341. The van der Waals surface area contributed by atoms with Crippen LogP contribution in [0.15, 0.2) is 48.6 Å². The molecule has 2 nitrogen and oxygen atoms in total. The molecule has 0 saturated carbocycles. The Morgan fingerprint density at radius 2 is 1.93 bits per heavy atom. The van der Waals surface area contributed by atoms with Gasteiger partial charge in [0.2, 0.25) is 0 Å². The summed E-state index contributed by atoms with van der Waals surface area (Å²) < 4.78 is 4.48. The van der Waals surface area contributed by atoms with Crippen LogP contribution >= 0.6 is 0 Å². The Balaban J connectivity index is 2.69. The summed E-state index contributed by atoms with van der Waals surface area (Å²) in [6.45, 7) is 2.00. The van der Waals surface area contributed by atoms with Crippen molar-refractivity contribution in [3.8, 4) is 0 Å². The molecule has 0 spiro atoms. The van der Waals surface area contributed by atoms with Crippen LogP contribution < -0.4 is 0 Å². The lowest BCUT2D eigenvalue weighted by Gasteiger charge is -1.98. The van der Waals surface area contributed by atoms with E-state index in [-0.39, 0.29) is 5.97 Å². The van der Waals surface area contributed by atoms with Crippen LogP contribution in [0.1, 0.15) is 12.5 Å². The number of hydrogen-bond acceptors (Lipinski definition) is 2. The van der Waals surface area contributed by atoms with E-state index >= 15 is 0 Å². The first-order chi connectivity index (χ1) is 7.24. The number of allylic oxidation sites excluding steroid dienone is 3. The Hall–Kier alpha value is -1.83. The second-order valence-corrected chi connectivity index (χ2v) is 3.10. The molecule has 0 amide bonds. The predicted octanol–water partition coefficient (Wildman–Crippen LogP) is 2.82. The first-order valence-electron chi connectivity index (χ1n) is 4.72. The van der Waals surface area contributed by atoms with Crippen molar-refractivity contribution in [1.29, 1.82) is 0 Å². The molecule has 0 atom stereocenters. The van der Waals surface area contributed by atoms with Crippen molar-refractivity contribution >= 4 is 11.5 Å². The number of ether oxygens (including phenoxy) is 1. The van der Waals surface area contributed by atoms with Crippen molar-refractivity contribution in [3.05, 3.63) is 54.1 Å². The van der Waals surface area contributed by atoms with Crippen molar-refractivity contribution in [2.75, 3.05) is 7.11 Å². The van der Waals surface area contributed by atoms with E-state index in [0.717, 1.165) is 11.1 Å². The minimum Gasteiger partial charge on any atom is -0.466 e. The topological polar surface area (TPSA) is 26.3 Å². The molecule has 0 fully saturated rings. The standard InChI is InChI=1S/C13H14O2/c1-11(7-6-10-13(14)15-2)12-8-4-3-5-9-12/h3-10H,1-2H3/b10-6+,11-7+. The highest BCUT2D eigenvalue weighted by atomic mass is 16.5. The molecule has 1 aromatic rings. The summed E-state index contributed by atoms with van der Waals surface area (Å²) in [5.41, 5.74) is 2.25. The number of hydrogen-bond donors (Lipinski definition) is 0. The molecule has 15 heavy (non-hydrogen) atoms. The molecular formula is C13H14O2. The summed E-state index contributed by atoms with van der Waals surface area (Å²) in [6, 6.07) is 9.99. The number of esters is 1. The fourth-order valence-corrected chi connectivity index (χ4v) is 1.14. The normalized spacial score (nSPS) is 11.7. The van der Waals surface area contributed by atoms with E-state index in [2.05, 4.69) is 4.74 Å². The van der Waals surface area contributed by atoms with Crippen molar-refractivity contribution in [2.45, 2.75) is 6.92 Å². The third kappa shape index (κ3) is 3.81. The van der Waals surface area contributed by atoms with Gasteiger partial charge in [0.25, 0.3) is 0 Å². The largest absolute Gasteiger partial charge is 0.466 e. The van der Waals surface area contributed by atoms with Gasteiger partial charge in [-0.3, -0.25) is 0 Å². The smallest absolute Gasteiger partial charge is 0.330 e. The van der Waals surface area contributed by atoms with Gasteiger partial charge >= 0.3 is 5.97 Å². The third-order valence-electron chi connectivity index (χ3n) is 2.01. The van der Waals surface area contributed by atoms with Crippen LogP contribution in [0.25, 0.3) is 5.57 Å². The Labute approximate surface area is 89.9 Å². The number of carbonyl (C=O) groups excluding carboxylic acids is 1. The molecule has 0 aliphatic rings. The fraction of sp³-hybridized carbons (Fsp3) is 0.154. The van der Waals surface area contributed by atoms with E-state index in [1.807, 2.05) is 43.3 Å². The van der Waals surface area contributed by atoms with E-state index < -0.39 is 0 Å². The zero-order chi connectivity index (χ0) is 11.1. The predicted molar refractivity (Wildman–Crippen MR) is 61.2 cm³/mol. The Kier molecular flexibility index (Phi) is 4.35. The average Bonchev–Trinajstić information content (AvgIpc) is 2.29. The SMILES string of the molecule is COC(=O)/C=C/C=C(\C)c1ccccc1. The van der Waals surface area contributed by atoms with Gasteiger partial charge in [-0.2, -0.15) is 0 Å². The van der Waals surface area contributed by atoms with E-state index in [0.29, 0.717) is 0 Å². The van der Waals surface area contributed by atoms with Crippen LogP contribution in [-0.4, -0.2) is 13.1 Å². The van der Waals surface area contributed by atoms with Crippen LogP contribution in [0.3, 0.4) is 0 Å². The molecule has 0 bridgehead atoms. The van der Waals surface area contributed by atoms with Gasteiger partial charge in [0.1, 0.15) is 0 Å². The molecule has 1 rings (SSSR count). The molecule has 0 unspecified atom stereocenters. The van der Waals surface area contributed by atoms with Crippen molar-refractivity contribution in [1.82, 2.24) is 0 Å². The van der Waals surface area contributed by atoms with Crippen LogP contribution in [0.5, 0.6) is 0 Å². The summed E-state index contributed by atoms with van der Waals surface area (Å²) in [5, 5.41) is 0. The van der Waals surface area contributed by atoms with Crippen LogP contribution in [0.2, 0.25) is 0 Å². The molecule has 2 heteroatoms. The molecule has 0 heterocycles. The Morgan fingerprint density at radius 1 is 1.27 bits per heavy atom. The Morgan fingerprint density at radius 3 is 2.53 bits per heavy atom. The number of carbonyl (C=O) groups is 1. The van der Waals surface area contributed by atoms with E-state index in [9.17, 15) is 4.79 Å². The van der Waals surface area contributed by atoms with Gasteiger partial charge in [-0.25, -0.2) is 4.79 Å². The molecule has 0 aromatic heterocycles. The Bertz CT molecular complexity index is 375. The molecule has 0 aliphatic carbocycles. The summed E-state index contributed by atoms with van der Waals surface area (Å²) in [7, 11) is 1.36. The van der Waals surface area contributed by atoms with Crippen molar-refractivity contribution in [2.24, 2.45) is 0 Å². The van der Waals surface area contributed by atoms with Gasteiger partial charge in [0.05, 0.1) is 7.11 Å². The van der Waals surface area contributed by atoms with Gasteiger partial charge < -0.3 is 4.74 Å². The quantitative estimate of drug-likeness (QED) is 0.428. The monoisotopic (exact) mass is 202 g/mol. The second kappa shape index (κ2) is 5.81. The number of methoxy groups -OCH3 is 1. The van der Waals surface area contributed by atoms with Gasteiger partial charge in [-0.05, 0) is 18.1 Å². The van der Waals surface area contributed by atoms with Crippen LogP contribution in [0.4, 0.5) is 0 Å². The molecular weight excluding hydrogens is 188 g/mol. The third-order valence-corrected chi connectivity index (χ3v) is 2.01. The summed E-state index contributed by atoms with van der Waals surface area (Å²) >= 11 is 0. The highest BCUT2D eigenvalue weighted by Crippen LogP contribution is 2.12. The van der Waals surface area contributed by atoms with Gasteiger partial charge in [-0.15, -0.1) is 0 Å². The van der Waals surface area contributed by atoms with E-state index in [1.165, 1.54) is 13.2 Å². The van der Waals surface area contributed by atoms with Crippen LogP contribution in [0, 0.1) is 0 Å². The molecule has 0 N–H and O–H groups in total. The second-order valence-electron chi connectivity index (χ2n) is 3.10. The maximum absolute atomic E-state index is 10.8.